The zero-order chi connectivity index (χ0) is 18.3. The molecule has 2 N–H and O–H groups in total. The lowest BCUT2D eigenvalue weighted by Gasteiger charge is -2.41. The summed E-state index contributed by atoms with van der Waals surface area (Å²) in [6.07, 6.45) is 7.02. The van der Waals surface area contributed by atoms with Crippen LogP contribution in [0.3, 0.4) is 0 Å². The molecule has 0 unspecified atom stereocenters. The summed E-state index contributed by atoms with van der Waals surface area (Å²) in [7, 11) is 0. The van der Waals surface area contributed by atoms with Crippen LogP contribution < -0.4 is 10.6 Å². The van der Waals surface area contributed by atoms with Gasteiger partial charge in [0.15, 0.2) is 0 Å². The predicted molar refractivity (Wildman–Crippen MR) is 114 cm³/mol. The molecule has 4 rings (SSSR count). The normalized spacial score (nSPS) is 20.3. The summed E-state index contributed by atoms with van der Waals surface area (Å²) in [6, 6.07) is 20.5. The molecule has 1 aliphatic heterocycles. The molecule has 27 heavy (non-hydrogen) atoms. The average Bonchev–Trinajstić information content (AvgIpc) is 2.76. The van der Waals surface area contributed by atoms with Crippen LogP contribution in [0.4, 0.5) is 5.69 Å². The number of hydrogen-bond donors (Lipinski definition) is 2. The van der Waals surface area contributed by atoms with Crippen LogP contribution in [0.25, 0.3) is 0 Å². The highest BCUT2D eigenvalue weighted by Gasteiger charge is 2.30. The summed E-state index contributed by atoms with van der Waals surface area (Å²) in [4.78, 5) is 2.74. The van der Waals surface area contributed by atoms with E-state index in [4.69, 9.17) is 0 Å². The van der Waals surface area contributed by atoms with Crippen LogP contribution in [0.1, 0.15) is 49.3 Å². The Labute approximate surface area is 164 Å². The average molecular weight is 364 g/mol. The lowest BCUT2D eigenvalue weighted by atomic mass is 9.80. The number of piperazine rings is 1. The molecule has 0 bridgehead atoms. The summed E-state index contributed by atoms with van der Waals surface area (Å²) in [6.45, 7) is 5.48. The molecule has 1 heterocycles. The zero-order valence-corrected chi connectivity index (χ0v) is 16.4. The molecule has 3 nitrogen and oxygen atoms in total. The number of nitrogens with zero attached hydrogens (tertiary/aromatic N) is 1. The highest BCUT2D eigenvalue weighted by atomic mass is 15.2. The van der Waals surface area contributed by atoms with Crippen molar-refractivity contribution in [3.63, 3.8) is 0 Å². The molecule has 144 valence electrons. The summed E-state index contributed by atoms with van der Waals surface area (Å²) < 4.78 is 0. The van der Waals surface area contributed by atoms with E-state index in [1.807, 2.05) is 0 Å². The monoisotopic (exact) mass is 363 g/mol. The molecule has 2 aliphatic rings. The molecule has 2 aromatic carbocycles. The second-order valence-corrected chi connectivity index (χ2v) is 8.09. The van der Waals surface area contributed by atoms with Gasteiger partial charge in [0.25, 0.3) is 0 Å². The number of rotatable bonds is 6. The van der Waals surface area contributed by atoms with Gasteiger partial charge in [0.05, 0.1) is 0 Å². The maximum Gasteiger partial charge on any atom is 0.0400 e. The van der Waals surface area contributed by atoms with Gasteiger partial charge in [0.1, 0.15) is 0 Å². The topological polar surface area (TPSA) is 27.3 Å². The van der Waals surface area contributed by atoms with Gasteiger partial charge in [-0.3, -0.25) is 4.90 Å². The van der Waals surface area contributed by atoms with Crippen LogP contribution in [-0.2, 0) is 6.54 Å². The minimum Gasteiger partial charge on any atom is -0.381 e. The van der Waals surface area contributed by atoms with E-state index in [-0.39, 0.29) is 0 Å². The Morgan fingerprint density at radius 3 is 2.30 bits per heavy atom. The Morgan fingerprint density at radius 2 is 1.59 bits per heavy atom. The number of nitrogens with one attached hydrogen (secondary N) is 2. The Hall–Kier alpha value is -1.84. The van der Waals surface area contributed by atoms with Crippen LogP contribution in [0.5, 0.6) is 0 Å². The number of anilines is 1. The molecular formula is C24H33N3. The molecule has 0 spiro atoms. The fraction of sp³-hybridized carbons (Fsp3) is 0.500. The molecule has 1 atom stereocenters. The fourth-order valence-corrected chi connectivity index (χ4v) is 4.79. The third-order valence-electron chi connectivity index (χ3n) is 6.23. The van der Waals surface area contributed by atoms with E-state index in [0.717, 1.165) is 25.6 Å². The first-order valence-corrected chi connectivity index (χ1v) is 10.7. The van der Waals surface area contributed by atoms with Crippen molar-refractivity contribution < 1.29 is 0 Å². The Morgan fingerprint density at radius 1 is 0.889 bits per heavy atom. The van der Waals surface area contributed by atoms with Gasteiger partial charge in [0, 0.05) is 44.5 Å². The zero-order valence-electron chi connectivity index (χ0n) is 16.4. The quantitative estimate of drug-likeness (QED) is 0.770. The molecular weight excluding hydrogens is 330 g/mol. The summed E-state index contributed by atoms with van der Waals surface area (Å²) in [5.74, 6) is 0.819. The van der Waals surface area contributed by atoms with Crippen molar-refractivity contribution in [2.75, 3.05) is 31.5 Å². The van der Waals surface area contributed by atoms with Crippen molar-refractivity contribution in [3.05, 3.63) is 65.7 Å². The second-order valence-electron chi connectivity index (χ2n) is 8.09. The van der Waals surface area contributed by atoms with Gasteiger partial charge in [-0.15, -0.1) is 0 Å². The van der Waals surface area contributed by atoms with E-state index in [1.165, 1.54) is 62.0 Å². The molecule has 0 radical (unpaired) electrons. The lowest BCUT2D eigenvalue weighted by Crippen LogP contribution is -2.47. The van der Waals surface area contributed by atoms with Crippen LogP contribution in [0, 0.1) is 5.92 Å². The summed E-state index contributed by atoms with van der Waals surface area (Å²) >= 11 is 0. The molecule has 2 aromatic rings. The van der Waals surface area contributed by atoms with Crippen LogP contribution >= 0.6 is 0 Å². The largest absolute Gasteiger partial charge is 0.381 e. The van der Waals surface area contributed by atoms with Gasteiger partial charge >= 0.3 is 0 Å². The number of hydrogen-bond acceptors (Lipinski definition) is 3. The third-order valence-corrected chi connectivity index (χ3v) is 6.23. The van der Waals surface area contributed by atoms with Crippen LogP contribution in [0.2, 0.25) is 0 Å². The van der Waals surface area contributed by atoms with Crippen molar-refractivity contribution in [1.82, 2.24) is 10.2 Å². The smallest absolute Gasteiger partial charge is 0.0400 e. The Bertz CT molecular complexity index is 653. The van der Waals surface area contributed by atoms with E-state index in [1.54, 1.807) is 0 Å². The van der Waals surface area contributed by atoms with Gasteiger partial charge in [-0.25, -0.2) is 0 Å². The van der Waals surface area contributed by atoms with Gasteiger partial charge in [-0.1, -0.05) is 61.7 Å². The maximum atomic E-state index is 3.56. The van der Waals surface area contributed by atoms with E-state index < -0.39 is 0 Å². The van der Waals surface area contributed by atoms with Crippen LogP contribution in [0.15, 0.2) is 54.6 Å². The van der Waals surface area contributed by atoms with E-state index in [0.29, 0.717) is 6.04 Å². The van der Waals surface area contributed by atoms with E-state index >= 15 is 0 Å². The summed E-state index contributed by atoms with van der Waals surface area (Å²) in [5.41, 5.74) is 4.04. The van der Waals surface area contributed by atoms with Crippen molar-refractivity contribution in [1.29, 1.82) is 0 Å². The van der Waals surface area contributed by atoms with Crippen molar-refractivity contribution in [3.8, 4) is 0 Å². The van der Waals surface area contributed by atoms with Crippen molar-refractivity contribution in [2.45, 2.75) is 44.7 Å². The highest BCUT2D eigenvalue weighted by Crippen LogP contribution is 2.38. The molecule has 1 saturated heterocycles. The van der Waals surface area contributed by atoms with Gasteiger partial charge in [-0.05, 0) is 42.0 Å². The molecule has 0 amide bonds. The minimum atomic E-state index is 0.593. The number of benzene rings is 2. The molecule has 1 aliphatic carbocycles. The van der Waals surface area contributed by atoms with E-state index in [2.05, 4.69) is 70.1 Å². The molecule has 3 heteroatoms. The van der Waals surface area contributed by atoms with Crippen LogP contribution in [-0.4, -0.2) is 31.1 Å². The first-order valence-electron chi connectivity index (χ1n) is 10.7. The van der Waals surface area contributed by atoms with Gasteiger partial charge in [0.2, 0.25) is 0 Å². The SMILES string of the molecule is c1ccc(CNc2ccc([C@@H](C3CCCCC3)N3CCNCC3)cc2)cc1. The fourth-order valence-electron chi connectivity index (χ4n) is 4.79. The lowest BCUT2D eigenvalue weighted by molar-refractivity contribution is 0.103. The van der Waals surface area contributed by atoms with Gasteiger partial charge in [-0.2, -0.15) is 0 Å². The second kappa shape index (κ2) is 9.38. The molecule has 1 saturated carbocycles. The first kappa shape index (κ1) is 18.5. The first-order chi connectivity index (χ1) is 13.4. The minimum absolute atomic E-state index is 0.593. The molecule has 0 aromatic heterocycles. The Balaban J connectivity index is 1.46. The van der Waals surface area contributed by atoms with Crippen molar-refractivity contribution >= 4 is 5.69 Å². The molecule has 2 fully saturated rings. The third kappa shape index (κ3) is 4.91. The summed E-state index contributed by atoms with van der Waals surface area (Å²) in [5, 5.41) is 7.08. The highest BCUT2D eigenvalue weighted by molar-refractivity contribution is 5.46. The van der Waals surface area contributed by atoms with Gasteiger partial charge < -0.3 is 10.6 Å². The van der Waals surface area contributed by atoms with E-state index in [9.17, 15) is 0 Å². The van der Waals surface area contributed by atoms with Crippen molar-refractivity contribution in [2.24, 2.45) is 5.92 Å². The standard InChI is InChI=1S/C24H33N3/c1-3-7-20(8-4-1)19-26-23-13-11-22(12-14-23)24(21-9-5-2-6-10-21)27-17-15-25-16-18-27/h1,3-4,7-8,11-14,21,24-26H,2,5-6,9-10,15-19H2/t24-/m1/s1. The predicted octanol–water partition coefficient (Wildman–Crippen LogP) is 4.83. The maximum absolute atomic E-state index is 3.56. The Kier molecular flexibility index (Phi) is 6.44.